The molecule has 0 spiro atoms. The van der Waals surface area contributed by atoms with E-state index in [2.05, 4.69) is 5.32 Å². The maximum Gasteiger partial charge on any atom is 0.336 e. The molecule has 1 heterocycles. The van der Waals surface area contributed by atoms with Crippen LogP contribution in [-0.4, -0.2) is 18.6 Å². The monoisotopic (exact) mass is 351 g/mol. The molecule has 1 atom stereocenters. The Morgan fingerprint density at radius 3 is 2.65 bits per heavy atom. The molecular weight excluding hydrogens is 330 g/mol. The molecule has 0 aliphatic rings. The molecule has 0 unspecified atom stereocenters. The zero-order valence-corrected chi connectivity index (χ0v) is 14.8. The first-order valence-corrected chi connectivity index (χ1v) is 8.62. The van der Waals surface area contributed by atoms with Gasteiger partial charge in [0.2, 0.25) is 0 Å². The quantitative estimate of drug-likeness (QED) is 0.687. The minimum absolute atomic E-state index is 0.0849. The Labute approximate surface area is 151 Å². The molecule has 1 aromatic heterocycles. The molecule has 5 heteroatoms. The fourth-order valence-electron chi connectivity index (χ4n) is 2.66. The molecule has 3 rings (SSSR count). The molecule has 0 saturated carbocycles. The first-order chi connectivity index (χ1) is 12.6. The van der Waals surface area contributed by atoms with E-state index >= 15 is 0 Å². The highest BCUT2D eigenvalue weighted by Gasteiger charge is 2.10. The van der Waals surface area contributed by atoms with E-state index in [0.717, 1.165) is 22.9 Å². The largest absolute Gasteiger partial charge is 0.484 e. The first-order valence-electron chi connectivity index (χ1n) is 8.62. The highest BCUT2D eigenvalue weighted by atomic mass is 16.5. The van der Waals surface area contributed by atoms with Gasteiger partial charge in [0, 0.05) is 23.6 Å². The van der Waals surface area contributed by atoms with Crippen molar-refractivity contribution in [3.8, 4) is 16.9 Å². The maximum atomic E-state index is 11.9. The third-order valence-corrected chi connectivity index (χ3v) is 4.19. The standard InChI is InChI=1S/C21H21NO4/c1-3-14(2)22-20(23)13-25-16-9-10-17-18(15-7-5-4-6-8-15)12-21(24)26-19(17)11-16/h4-12,14H,3,13H2,1-2H3,(H,22,23)/t14-/m1/s1. The molecule has 5 nitrogen and oxygen atoms in total. The van der Waals surface area contributed by atoms with Gasteiger partial charge in [-0.2, -0.15) is 0 Å². The van der Waals surface area contributed by atoms with Crippen LogP contribution in [0.1, 0.15) is 20.3 Å². The number of carbonyl (C=O) groups excluding carboxylic acids is 1. The number of carbonyl (C=O) groups is 1. The molecule has 134 valence electrons. The van der Waals surface area contributed by atoms with Crippen molar-refractivity contribution in [1.82, 2.24) is 5.32 Å². The zero-order chi connectivity index (χ0) is 18.5. The van der Waals surface area contributed by atoms with Gasteiger partial charge < -0.3 is 14.5 Å². The Kier molecular flexibility index (Phi) is 5.37. The van der Waals surface area contributed by atoms with E-state index < -0.39 is 5.63 Å². The minimum Gasteiger partial charge on any atom is -0.484 e. The highest BCUT2D eigenvalue weighted by Crippen LogP contribution is 2.29. The predicted molar refractivity (Wildman–Crippen MR) is 101 cm³/mol. The molecular formula is C21H21NO4. The Morgan fingerprint density at radius 1 is 1.15 bits per heavy atom. The van der Waals surface area contributed by atoms with Crippen LogP contribution in [0.15, 0.2) is 63.8 Å². The first kappa shape index (κ1) is 17.7. The maximum absolute atomic E-state index is 11.9. The normalized spacial score (nSPS) is 11.9. The van der Waals surface area contributed by atoms with Gasteiger partial charge in [0.15, 0.2) is 6.61 Å². The highest BCUT2D eigenvalue weighted by molar-refractivity contribution is 5.93. The molecule has 0 aliphatic carbocycles. The van der Waals surface area contributed by atoms with E-state index in [1.807, 2.05) is 50.2 Å². The number of hydrogen-bond acceptors (Lipinski definition) is 4. The average molecular weight is 351 g/mol. The number of fused-ring (bicyclic) bond motifs is 1. The summed E-state index contributed by atoms with van der Waals surface area (Å²) >= 11 is 0. The van der Waals surface area contributed by atoms with Crippen molar-refractivity contribution in [2.24, 2.45) is 0 Å². The lowest BCUT2D eigenvalue weighted by Crippen LogP contribution is -2.35. The molecule has 0 radical (unpaired) electrons. The van der Waals surface area contributed by atoms with E-state index in [4.69, 9.17) is 9.15 Å². The molecule has 1 amide bonds. The Bertz CT molecular complexity index is 963. The zero-order valence-electron chi connectivity index (χ0n) is 14.8. The van der Waals surface area contributed by atoms with Gasteiger partial charge >= 0.3 is 5.63 Å². The van der Waals surface area contributed by atoms with Gasteiger partial charge in [0.05, 0.1) is 0 Å². The van der Waals surface area contributed by atoms with Crippen LogP contribution in [0.25, 0.3) is 22.1 Å². The number of hydrogen-bond donors (Lipinski definition) is 1. The fourth-order valence-corrected chi connectivity index (χ4v) is 2.66. The molecule has 0 aliphatic heterocycles. The van der Waals surface area contributed by atoms with Crippen LogP contribution in [0.3, 0.4) is 0 Å². The van der Waals surface area contributed by atoms with Crippen LogP contribution in [0.5, 0.6) is 5.75 Å². The van der Waals surface area contributed by atoms with Gasteiger partial charge in [-0.25, -0.2) is 4.79 Å². The van der Waals surface area contributed by atoms with Crippen molar-refractivity contribution in [3.63, 3.8) is 0 Å². The second-order valence-corrected chi connectivity index (χ2v) is 6.17. The van der Waals surface area contributed by atoms with Crippen molar-refractivity contribution >= 4 is 16.9 Å². The molecule has 1 N–H and O–H groups in total. The second kappa shape index (κ2) is 7.87. The summed E-state index contributed by atoms with van der Waals surface area (Å²) in [5.74, 6) is 0.295. The van der Waals surface area contributed by atoms with E-state index in [-0.39, 0.29) is 18.6 Å². The van der Waals surface area contributed by atoms with Crippen molar-refractivity contribution in [1.29, 1.82) is 0 Å². The van der Waals surface area contributed by atoms with Crippen molar-refractivity contribution in [2.45, 2.75) is 26.3 Å². The summed E-state index contributed by atoms with van der Waals surface area (Å²) in [6, 6.07) is 16.5. The van der Waals surface area contributed by atoms with Crippen LogP contribution in [0.2, 0.25) is 0 Å². The van der Waals surface area contributed by atoms with Crippen LogP contribution < -0.4 is 15.7 Å². The Hall–Kier alpha value is -3.08. The fraction of sp³-hybridized carbons (Fsp3) is 0.238. The summed E-state index contributed by atoms with van der Waals surface area (Å²) < 4.78 is 10.8. The van der Waals surface area contributed by atoms with E-state index in [0.29, 0.717) is 11.3 Å². The van der Waals surface area contributed by atoms with Crippen molar-refractivity contribution < 1.29 is 13.9 Å². The van der Waals surface area contributed by atoms with Gasteiger partial charge in [0.1, 0.15) is 11.3 Å². The van der Waals surface area contributed by atoms with Gasteiger partial charge in [-0.15, -0.1) is 0 Å². The third-order valence-electron chi connectivity index (χ3n) is 4.19. The molecule has 0 bridgehead atoms. The Morgan fingerprint density at radius 2 is 1.92 bits per heavy atom. The van der Waals surface area contributed by atoms with Crippen molar-refractivity contribution in [3.05, 3.63) is 65.0 Å². The third kappa shape index (κ3) is 4.11. The summed E-state index contributed by atoms with van der Waals surface area (Å²) in [5.41, 5.74) is 1.74. The number of ether oxygens (including phenoxy) is 1. The lowest BCUT2D eigenvalue weighted by molar-refractivity contribution is -0.123. The second-order valence-electron chi connectivity index (χ2n) is 6.17. The summed E-state index contributed by atoms with van der Waals surface area (Å²) in [6.45, 7) is 3.85. The Balaban J connectivity index is 1.86. The molecule has 26 heavy (non-hydrogen) atoms. The molecule has 3 aromatic rings. The lowest BCUT2D eigenvalue weighted by Gasteiger charge is -2.12. The average Bonchev–Trinajstić information content (AvgIpc) is 2.66. The SMILES string of the molecule is CC[C@@H](C)NC(=O)COc1ccc2c(-c3ccccc3)cc(=O)oc2c1. The summed E-state index contributed by atoms with van der Waals surface area (Å²) in [6.07, 6.45) is 0.856. The van der Waals surface area contributed by atoms with E-state index in [1.165, 1.54) is 6.07 Å². The van der Waals surface area contributed by atoms with Crippen LogP contribution >= 0.6 is 0 Å². The predicted octanol–water partition coefficient (Wildman–Crippen LogP) is 3.75. The van der Waals surface area contributed by atoms with Gasteiger partial charge in [-0.3, -0.25) is 4.79 Å². The minimum atomic E-state index is -0.428. The lowest BCUT2D eigenvalue weighted by atomic mass is 10.0. The molecule has 0 fully saturated rings. The number of nitrogens with one attached hydrogen (secondary N) is 1. The van der Waals surface area contributed by atoms with Crippen LogP contribution in [-0.2, 0) is 4.79 Å². The van der Waals surface area contributed by atoms with E-state index in [9.17, 15) is 9.59 Å². The summed E-state index contributed by atoms with van der Waals surface area (Å²) in [7, 11) is 0. The summed E-state index contributed by atoms with van der Waals surface area (Å²) in [5, 5.41) is 3.65. The van der Waals surface area contributed by atoms with Crippen molar-refractivity contribution in [2.75, 3.05) is 6.61 Å². The number of benzene rings is 2. The summed E-state index contributed by atoms with van der Waals surface area (Å²) in [4.78, 5) is 23.8. The topological polar surface area (TPSA) is 68.5 Å². The molecule has 0 saturated heterocycles. The van der Waals surface area contributed by atoms with Gasteiger partial charge in [-0.1, -0.05) is 37.3 Å². The van der Waals surface area contributed by atoms with Gasteiger partial charge in [-0.05, 0) is 36.6 Å². The van der Waals surface area contributed by atoms with Crippen LogP contribution in [0, 0.1) is 0 Å². The number of rotatable bonds is 6. The van der Waals surface area contributed by atoms with Gasteiger partial charge in [0.25, 0.3) is 5.91 Å². The van der Waals surface area contributed by atoms with Crippen LogP contribution in [0.4, 0.5) is 0 Å². The number of amides is 1. The van der Waals surface area contributed by atoms with E-state index in [1.54, 1.807) is 12.1 Å². The smallest absolute Gasteiger partial charge is 0.336 e. The molecule has 2 aromatic carbocycles.